The molecule has 3 rings (SSSR count). The number of carbonyl (C=O) groups excluding carboxylic acids is 2. The zero-order valence-electron chi connectivity index (χ0n) is 16.8. The fourth-order valence-electron chi connectivity index (χ4n) is 2.80. The van der Waals surface area contributed by atoms with Crippen molar-refractivity contribution in [1.82, 2.24) is 9.78 Å². The van der Waals surface area contributed by atoms with Gasteiger partial charge in [-0.15, -0.1) is 0 Å². The van der Waals surface area contributed by atoms with E-state index in [2.05, 4.69) is 10.4 Å². The van der Waals surface area contributed by atoms with E-state index >= 15 is 0 Å². The summed E-state index contributed by atoms with van der Waals surface area (Å²) in [6, 6.07) is 8.67. The van der Waals surface area contributed by atoms with E-state index in [9.17, 15) is 19.7 Å². The summed E-state index contributed by atoms with van der Waals surface area (Å²) in [4.78, 5) is 35.0. The molecule has 3 aromatic rings. The van der Waals surface area contributed by atoms with Gasteiger partial charge in [0.25, 0.3) is 11.6 Å². The van der Waals surface area contributed by atoms with Crippen molar-refractivity contribution in [1.29, 1.82) is 0 Å². The molecule has 0 unspecified atom stereocenters. The second-order valence-corrected chi connectivity index (χ2v) is 6.67. The molecule has 0 saturated heterocycles. The Kier molecular flexibility index (Phi) is 5.67. The van der Waals surface area contributed by atoms with Crippen molar-refractivity contribution in [2.75, 3.05) is 5.32 Å². The van der Waals surface area contributed by atoms with Crippen LogP contribution >= 0.6 is 0 Å². The number of nitro benzene ring substituents is 1. The molecule has 0 aliphatic rings. The molecule has 1 N–H and O–H groups in total. The van der Waals surface area contributed by atoms with Crippen LogP contribution in [-0.4, -0.2) is 32.7 Å². The highest BCUT2D eigenvalue weighted by atomic mass is 16.6. The SMILES string of the molecule is Cc1nn(C)c(C)c1NC(=O)[C@H](C)OC(=O)c1ccc(-c2ccc([N+](=O)[O-])cc2)o1. The molecular weight excluding hydrogens is 392 g/mol. The highest BCUT2D eigenvalue weighted by Crippen LogP contribution is 2.25. The van der Waals surface area contributed by atoms with Gasteiger partial charge in [-0.1, -0.05) is 0 Å². The number of aryl methyl sites for hydroxylation is 2. The van der Waals surface area contributed by atoms with E-state index < -0.39 is 22.9 Å². The fourth-order valence-corrected chi connectivity index (χ4v) is 2.80. The van der Waals surface area contributed by atoms with Gasteiger partial charge in [0.1, 0.15) is 5.76 Å². The third-order valence-electron chi connectivity index (χ3n) is 4.58. The largest absolute Gasteiger partial charge is 0.449 e. The van der Waals surface area contributed by atoms with E-state index in [1.165, 1.54) is 37.3 Å². The predicted octanol–water partition coefficient (Wildman–Crippen LogP) is 3.39. The molecular formula is C20H20N4O6. The van der Waals surface area contributed by atoms with Crippen LogP contribution in [0.3, 0.4) is 0 Å². The topological polar surface area (TPSA) is 130 Å². The highest BCUT2D eigenvalue weighted by molar-refractivity contribution is 5.97. The highest BCUT2D eigenvalue weighted by Gasteiger charge is 2.23. The Balaban J connectivity index is 1.65. The molecule has 0 saturated carbocycles. The minimum atomic E-state index is -1.07. The summed E-state index contributed by atoms with van der Waals surface area (Å²) in [6.45, 7) is 5.03. The number of hydrogen-bond donors (Lipinski definition) is 1. The number of amides is 1. The Bertz CT molecular complexity index is 1110. The molecule has 0 aliphatic carbocycles. The summed E-state index contributed by atoms with van der Waals surface area (Å²) < 4.78 is 12.3. The third kappa shape index (κ3) is 4.22. The number of furan rings is 1. The van der Waals surface area contributed by atoms with Crippen LogP contribution < -0.4 is 5.32 Å². The molecule has 156 valence electrons. The minimum absolute atomic E-state index is 0.0520. The normalized spacial score (nSPS) is 11.7. The van der Waals surface area contributed by atoms with Gasteiger partial charge in [-0.3, -0.25) is 19.6 Å². The van der Waals surface area contributed by atoms with E-state index in [4.69, 9.17) is 9.15 Å². The van der Waals surface area contributed by atoms with Gasteiger partial charge in [-0.05, 0) is 45.0 Å². The predicted molar refractivity (Wildman–Crippen MR) is 107 cm³/mol. The van der Waals surface area contributed by atoms with Crippen LogP contribution in [-0.2, 0) is 16.6 Å². The van der Waals surface area contributed by atoms with E-state index in [1.807, 2.05) is 6.92 Å². The lowest BCUT2D eigenvalue weighted by Crippen LogP contribution is -2.30. The molecule has 1 amide bonds. The first kappa shape index (κ1) is 20.8. The number of carbonyl (C=O) groups is 2. The molecule has 0 radical (unpaired) electrons. The molecule has 30 heavy (non-hydrogen) atoms. The number of non-ortho nitro benzene ring substituents is 1. The summed E-state index contributed by atoms with van der Waals surface area (Å²) in [5.74, 6) is -1.04. The Morgan fingerprint density at radius 3 is 2.43 bits per heavy atom. The van der Waals surface area contributed by atoms with Gasteiger partial charge in [0.15, 0.2) is 6.10 Å². The van der Waals surface area contributed by atoms with Crippen LogP contribution in [0.5, 0.6) is 0 Å². The molecule has 2 heterocycles. The second kappa shape index (κ2) is 8.19. The molecule has 0 fully saturated rings. The molecule has 1 aromatic carbocycles. The lowest BCUT2D eigenvalue weighted by atomic mass is 10.1. The standard InChI is InChI=1S/C20H20N4O6/c1-11-18(12(2)23(4)22-11)21-19(25)13(3)29-20(26)17-10-9-16(30-17)14-5-7-15(8-6-14)24(27)28/h5-10,13H,1-4H3,(H,21,25)/t13-/m0/s1. The first-order valence-electron chi connectivity index (χ1n) is 9.04. The van der Waals surface area contributed by atoms with E-state index in [1.54, 1.807) is 24.7 Å². The Morgan fingerprint density at radius 2 is 1.87 bits per heavy atom. The maximum atomic E-state index is 12.4. The number of nitrogens with zero attached hydrogens (tertiary/aromatic N) is 3. The summed E-state index contributed by atoms with van der Waals surface area (Å²) in [5, 5.41) is 17.7. The summed E-state index contributed by atoms with van der Waals surface area (Å²) in [7, 11) is 1.76. The quantitative estimate of drug-likeness (QED) is 0.373. The van der Waals surface area contributed by atoms with Crippen molar-refractivity contribution in [3.05, 3.63) is 63.7 Å². The fraction of sp³-hybridized carbons (Fsp3) is 0.250. The number of hydrogen-bond acceptors (Lipinski definition) is 7. The van der Waals surface area contributed by atoms with Crippen LogP contribution in [0.4, 0.5) is 11.4 Å². The number of anilines is 1. The molecule has 2 aromatic heterocycles. The molecule has 1 atom stereocenters. The lowest BCUT2D eigenvalue weighted by Gasteiger charge is -2.13. The summed E-state index contributed by atoms with van der Waals surface area (Å²) in [5.41, 5.74) is 2.51. The maximum absolute atomic E-state index is 12.4. The lowest BCUT2D eigenvalue weighted by molar-refractivity contribution is -0.384. The van der Waals surface area contributed by atoms with Crippen LogP contribution in [0.2, 0.25) is 0 Å². The minimum Gasteiger partial charge on any atom is -0.449 e. The number of nitro groups is 1. The van der Waals surface area contributed by atoms with Crippen molar-refractivity contribution in [3.8, 4) is 11.3 Å². The van der Waals surface area contributed by atoms with Gasteiger partial charge in [0, 0.05) is 24.7 Å². The van der Waals surface area contributed by atoms with Gasteiger partial charge >= 0.3 is 5.97 Å². The third-order valence-corrected chi connectivity index (χ3v) is 4.58. The number of aromatic nitrogens is 2. The van der Waals surface area contributed by atoms with Crippen molar-refractivity contribution in [3.63, 3.8) is 0 Å². The smallest absolute Gasteiger partial charge is 0.375 e. The maximum Gasteiger partial charge on any atom is 0.375 e. The first-order chi connectivity index (χ1) is 14.2. The van der Waals surface area contributed by atoms with Gasteiger partial charge in [0.05, 0.1) is 22.0 Å². The van der Waals surface area contributed by atoms with Crippen molar-refractivity contribution < 1.29 is 23.7 Å². The number of nitrogens with one attached hydrogen (secondary N) is 1. The van der Waals surface area contributed by atoms with Crippen LogP contribution in [0.25, 0.3) is 11.3 Å². The number of rotatable bonds is 6. The van der Waals surface area contributed by atoms with Crippen molar-refractivity contribution in [2.45, 2.75) is 26.9 Å². The van der Waals surface area contributed by atoms with Crippen LogP contribution in [0, 0.1) is 24.0 Å². The molecule has 0 spiro atoms. The van der Waals surface area contributed by atoms with E-state index in [-0.39, 0.29) is 11.4 Å². The zero-order chi connectivity index (χ0) is 22.0. The van der Waals surface area contributed by atoms with E-state index in [0.717, 1.165) is 5.69 Å². The Morgan fingerprint density at radius 1 is 1.20 bits per heavy atom. The van der Waals surface area contributed by atoms with E-state index in [0.29, 0.717) is 22.7 Å². The Hall–Kier alpha value is -3.95. The van der Waals surface area contributed by atoms with Gasteiger partial charge in [-0.2, -0.15) is 5.10 Å². The molecule has 10 nitrogen and oxygen atoms in total. The number of esters is 1. The van der Waals surface area contributed by atoms with Gasteiger partial charge < -0.3 is 14.5 Å². The average molecular weight is 412 g/mol. The second-order valence-electron chi connectivity index (χ2n) is 6.67. The first-order valence-corrected chi connectivity index (χ1v) is 9.04. The zero-order valence-corrected chi connectivity index (χ0v) is 16.8. The number of benzene rings is 1. The summed E-state index contributed by atoms with van der Waals surface area (Å²) >= 11 is 0. The Labute approximate surface area is 171 Å². The number of ether oxygens (including phenoxy) is 1. The van der Waals surface area contributed by atoms with Gasteiger partial charge in [0.2, 0.25) is 5.76 Å². The molecule has 10 heteroatoms. The molecule has 0 aliphatic heterocycles. The summed E-state index contributed by atoms with van der Waals surface area (Å²) in [6.07, 6.45) is -1.07. The monoisotopic (exact) mass is 412 g/mol. The molecule has 0 bridgehead atoms. The van der Waals surface area contributed by atoms with Crippen LogP contribution in [0.1, 0.15) is 28.9 Å². The van der Waals surface area contributed by atoms with Crippen molar-refractivity contribution >= 4 is 23.3 Å². The van der Waals surface area contributed by atoms with Crippen molar-refractivity contribution in [2.24, 2.45) is 7.05 Å². The van der Waals surface area contributed by atoms with Gasteiger partial charge in [-0.25, -0.2) is 4.79 Å². The average Bonchev–Trinajstić information content (AvgIpc) is 3.29. The van der Waals surface area contributed by atoms with Crippen LogP contribution in [0.15, 0.2) is 40.8 Å².